The Balaban J connectivity index is 1.23. The minimum Gasteiger partial charge on any atom is -0.369 e. The van der Waals surface area contributed by atoms with Crippen LogP contribution in [0.1, 0.15) is 18.4 Å². The van der Waals surface area contributed by atoms with Gasteiger partial charge >= 0.3 is 0 Å². The summed E-state index contributed by atoms with van der Waals surface area (Å²) in [6, 6.07) is 10.5. The average Bonchev–Trinajstić information content (AvgIpc) is 3.31. The standard InChI is InChI=1S/C26H28N8/c1-31-10-12-33(13-11-31)20-5-8-32(9-6-20)21-16-29-26-24(17-30-34(26)18-21)22-4-7-28-25-14-19(15-27)2-3-23(22)25/h2-4,7,14,16-18,20H,5-6,8-13H2,1H3. The van der Waals surface area contributed by atoms with Crippen LogP contribution < -0.4 is 4.90 Å². The van der Waals surface area contributed by atoms with E-state index in [1.54, 1.807) is 6.20 Å². The molecule has 2 aliphatic heterocycles. The van der Waals surface area contributed by atoms with Crippen LogP contribution in [-0.4, -0.2) is 81.7 Å². The zero-order chi connectivity index (χ0) is 23.1. The van der Waals surface area contributed by atoms with Gasteiger partial charge in [-0.1, -0.05) is 6.07 Å². The van der Waals surface area contributed by atoms with E-state index >= 15 is 0 Å². The molecular formula is C26H28N8. The molecule has 0 unspecified atom stereocenters. The van der Waals surface area contributed by atoms with Gasteiger partial charge in [0.25, 0.3) is 0 Å². The lowest BCUT2D eigenvalue weighted by atomic mass is 10.0. The number of nitriles is 1. The van der Waals surface area contributed by atoms with E-state index in [1.807, 2.05) is 41.2 Å². The van der Waals surface area contributed by atoms with Crippen molar-refractivity contribution in [3.05, 3.63) is 54.6 Å². The maximum atomic E-state index is 9.21. The molecule has 0 saturated carbocycles. The largest absolute Gasteiger partial charge is 0.369 e. The molecule has 0 amide bonds. The van der Waals surface area contributed by atoms with E-state index in [0.29, 0.717) is 11.6 Å². The highest BCUT2D eigenvalue weighted by atomic mass is 15.3. The summed E-state index contributed by atoms with van der Waals surface area (Å²) in [5.41, 5.74) is 5.35. The molecule has 0 spiro atoms. The number of hydrogen-bond donors (Lipinski definition) is 0. The first-order valence-electron chi connectivity index (χ1n) is 12.0. The number of fused-ring (bicyclic) bond motifs is 2. The molecule has 4 aromatic rings. The van der Waals surface area contributed by atoms with Crippen molar-refractivity contribution in [2.24, 2.45) is 0 Å². The number of likely N-dealkylation sites (N-methyl/N-ethyl adjacent to an activating group) is 1. The predicted octanol–water partition coefficient (Wildman–Crippen LogP) is 3.03. The number of pyridine rings is 1. The van der Waals surface area contributed by atoms with Crippen LogP contribution in [0.2, 0.25) is 0 Å². The Morgan fingerprint density at radius 2 is 1.76 bits per heavy atom. The van der Waals surface area contributed by atoms with Gasteiger partial charge in [-0.05, 0) is 43.7 Å². The topological polar surface area (TPSA) is 76.6 Å². The van der Waals surface area contributed by atoms with Crippen molar-refractivity contribution < 1.29 is 0 Å². The highest BCUT2D eigenvalue weighted by molar-refractivity contribution is 5.98. The molecule has 0 N–H and O–H groups in total. The van der Waals surface area contributed by atoms with Crippen LogP contribution >= 0.6 is 0 Å². The zero-order valence-electron chi connectivity index (χ0n) is 19.4. The lowest BCUT2D eigenvalue weighted by molar-refractivity contribution is 0.0982. The number of rotatable bonds is 3. The summed E-state index contributed by atoms with van der Waals surface area (Å²) in [6.07, 6.45) is 10.1. The van der Waals surface area contributed by atoms with E-state index in [4.69, 9.17) is 4.98 Å². The van der Waals surface area contributed by atoms with Crippen molar-refractivity contribution in [1.82, 2.24) is 29.4 Å². The van der Waals surface area contributed by atoms with E-state index < -0.39 is 0 Å². The lowest BCUT2D eigenvalue weighted by Gasteiger charge is -2.42. The number of aromatic nitrogens is 4. The third kappa shape index (κ3) is 3.77. The molecule has 0 atom stereocenters. The second-order valence-electron chi connectivity index (χ2n) is 9.40. The molecule has 8 nitrogen and oxygen atoms in total. The quantitative estimate of drug-likeness (QED) is 0.473. The molecule has 0 radical (unpaired) electrons. The Morgan fingerprint density at radius 1 is 0.941 bits per heavy atom. The molecule has 0 bridgehead atoms. The Kier molecular flexibility index (Phi) is 5.36. The minimum absolute atomic E-state index is 0.608. The lowest BCUT2D eigenvalue weighted by Crippen LogP contribution is -2.52. The molecule has 5 heterocycles. The zero-order valence-corrected chi connectivity index (χ0v) is 19.4. The van der Waals surface area contributed by atoms with E-state index in [1.165, 1.54) is 39.0 Å². The van der Waals surface area contributed by atoms with Gasteiger partial charge in [0, 0.05) is 62.5 Å². The van der Waals surface area contributed by atoms with Gasteiger partial charge < -0.3 is 9.80 Å². The van der Waals surface area contributed by atoms with Gasteiger partial charge in [0.2, 0.25) is 0 Å². The third-order valence-corrected chi connectivity index (χ3v) is 7.39. The number of piperidine rings is 1. The smallest absolute Gasteiger partial charge is 0.162 e. The van der Waals surface area contributed by atoms with E-state index in [-0.39, 0.29) is 0 Å². The number of piperazine rings is 1. The molecule has 2 saturated heterocycles. The van der Waals surface area contributed by atoms with E-state index in [2.05, 4.69) is 44.1 Å². The van der Waals surface area contributed by atoms with Crippen LogP contribution in [0.25, 0.3) is 27.7 Å². The average molecular weight is 453 g/mol. The fraction of sp³-hybridized carbons (Fsp3) is 0.385. The summed E-state index contributed by atoms with van der Waals surface area (Å²) in [7, 11) is 2.21. The molecule has 172 valence electrons. The maximum absolute atomic E-state index is 9.21. The van der Waals surface area contributed by atoms with Crippen molar-refractivity contribution in [3.8, 4) is 17.2 Å². The first kappa shape index (κ1) is 21.0. The van der Waals surface area contributed by atoms with Crippen molar-refractivity contribution in [2.45, 2.75) is 18.9 Å². The summed E-state index contributed by atoms with van der Waals surface area (Å²) >= 11 is 0. The molecule has 1 aromatic carbocycles. The van der Waals surface area contributed by atoms with Gasteiger partial charge in [0.1, 0.15) is 0 Å². The van der Waals surface area contributed by atoms with Crippen molar-refractivity contribution >= 4 is 22.2 Å². The summed E-state index contributed by atoms with van der Waals surface area (Å²) < 4.78 is 1.88. The van der Waals surface area contributed by atoms with Gasteiger partial charge in [-0.3, -0.25) is 9.88 Å². The number of anilines is 1. The molecule has 2 aliphatic rings. The highest BCUT2D eigenvalue weighted by Gasteiger charge is 2.27. The summed E-state index contributed by atoms with van der Waals surface area (Å²) in [4.78, 5) is 16.8. The fourth-order valence-electron chi connectivity index (χ4n) is 5.35. The van der Waals surface area contributed by atoms with Crippen LogP contribution in [0.5, 0.6) is 0 Å². The number of nitrogens with zero attached hydrogens (tertiary/aromatic N) is 8. The van der Waals surface area contributed by atoms with Gasteiger partial charge in [-0.2, -0.15) is 10.4 Å². The van der Waals surface area contributed by atoms with Crippen molar-refractivity contribution in [3.63, 3.8) is 0 Å². The first-order chi connectivity index (χ1) is 16.7. The second-order valence-corrected chi connectivity index (χ2v) is 9.40. The minimum atomic E-state index is 0.608. The second kappa shape index (κ2) is 8.67. The summed E-state index contributed by atoms with van der Waals surface area (Å²) in [5, 5.41) is 14.8. The van der Waals surface area contributed by atoms with Gasteiger partial charge in [-0.15, -0.1) is 0 Å². The Bertz CT molecular complexity index is 1370. The number of benzene rings is 1. The molecular weight excluding hydrogens is 424 g/mol. The van der Waals surface area contributed by atoms with Crippen LogP contribution in [-0.2, 0) is 0 Å². The monoisotopic (exact) mass is 452 g/mol. The highest BCUT2D eigenvalue weighted by Crippen LogP contribution is 2.31. The summed E-state index contributed by atoms with van der Waals surface area (Å²) in [6.45, 7) is 6.82. The van der Waals surface area contributed by atoms with Crippen molar-refractivity contribution in [1.29, 1.82) is 5.26 Å². The van der Waals surface area contributed by atoms with Crippen LogP contribution in [0.15, 0.2) is 49.1 Å². The molecule has 2 fully saturated rings. The number of hydrogen-bond acceptors (Lipinski definition) is 7. The van der Waals surface area contributed by atoms with Crippen LogP contribution in [0.3, 0.4) is 0 Å². The molecule has 34 heavy (non-hydrogen) atoms. The molecule has 8 heteroatoms. The van der Waals surface area contributed by atoms with Crippen molar-refractivity contribution in [2.75, 3.05) is 51.2 Å². The predicted molar refractivity (Wildman–Crippen MR) is 133 cm³/mol. The van der Waals surface area contributed by atoms with Crippen LogP contribution in [0.4, 0.5) is 5.69 Å². The van der Waals surface area contributed by atoms with Crippen LogP contribution in [0, 0.1) is 11.3 Å². The molecule has 3 aromatic heterocycles. The first-order valence-corrected chi connectivity index (χ1v) is 12.0. The Hall–Kier alpha value is -3.54. The summed E-state index contributed by atoms with van der Waals surface area (Å²) in [5.74, 6) is 0. The Morgan fingerprint density at radius 3 is 2.56 bits per heavy atom. The SMILES string of the molecule is CN1CCN(C2CCN(c3cnc4c(-c5ccnc6cc(C#N)ccc56)cnn4c3)CC2)CC1. The Labute approximate surface area is 199 Å². The molecule has 0 aliphatic carbocycles. The van der Waals surface area contributed by atoms with E-state index in [9.17, 15) is 5.26 Å². The van der Waals surface area contributed by atoms with Gasteiger partial charge in [-0.25, -0.2) is 9.50 Å². The third-order valence-electron chi connectivity index (χ3n) is 7.39. The van der Waals surface area contributed by atoms with Gasteiger partial charge in [0.15, 0.2) is 5.65 Å². The fourth-order valence-corrected chi connectivity index (χ4v) is 5.35. The van der Waals surface area contributed by atoms with Gasteiger partial charge in [0.05, 0.1) is 41.4 Å². The maximum Gasteiger partial charge on any atom is 0.162 e. The van der Waals surface area contributed by atoms with E-state index in [0.717, 1.165) is 46.5 Å². The molecule has 6 rings (SSSR count). The normalized spacial score (nSPS) is 18.5.